The van der Waals surface area contributed by atoms with E-state index < -0.39 is 0 Å². The predicted molar refractivity (Wildman–Crippen MR) is 74.5 cm³/mol. The number of benzene rings is 1. The molecule has 104 valence electrons. The number of halogens is 1. The fourth-order valence-electron chi connectivity index (χ4n) is 2.79. The summed E-state index contributed by atoms with van der Waals surface area (Å²) in [7, 11) is 2.16. The lowest BCUT2D eigenvalue weighted by molar-refractivity contribution is -0.0174. The zero-order valence-electron chi connectivity index (χ0n) is 11.1. The summed E-state index contributed by atoms with van der Waals surface area (Å²) in [4.78, 5) is 2.37. The summed E-state index contributed by atoms with van der Waals surface area (Å²) < 4.78 is 11.0. The standard InChI is InChI=1S/C14H19ClN2O2/c1-17(13-2-3-16-6-13)7-10-4-12(15)5-11-8-18-9-19-14(10)11/h4-5,13,16H,2-3,6-9H2,1H3. The molecule has 1 fully saturated rings. The minimum Gasteiger partial charge on any atom is -0.467 e. The van der Waals surface area contributed by atoms with Crippen LogP contribution in [0.2, 0.25) is 5.02 Å². The first-order valence-corrected chi connectivity index (χ1v) is 7.04. The van der Waals surface area contributed by atoms with E-state index in [-0.39, 0.29) is 0 Å². The van der Waals surface area contributed by atoms with Crippen LogP contribution in [-0.4, -0.2) is 37.9 Å². The highest BCUT2D eigenvalue weighted by Crippen LogP contribution is 2.32. The molecule has 0 aromatic heterocycles. The summed E-state index contributed by atoms with van der Waals surface area (Å²) in [5, 5.41) is 4.14. The van der Waals surface area contributed by atoms with Gasteiger partial charge in [-0.3, -0.25) is 4.90 Å². The number of nitrogens with one attached hydrogen (secondary N) is 1. The third kappa shape index (κ3) is 2.87. The third-order valence-corrected chi connectivity index (χ3v) is 4.05. The van der Waals surface area contributed by atoms with Crippen LogP contribution in [-0.2, 0) is 17.9 Å². The number of likely N-dealkylation sites (N-methyl/N-ethyl adjacent to an activating group) is 1. The molecule has 19 heavy (non-hydrogen) atoms. The van der Waals surface area contributed by atoms with Crippen LogP contribution in [0.25, 0.3) is 0 Å². The molecule has 2 aliphatic heterocycles. The van der Waals surface area contributed by atoms with Crippen molar-refractivity contribution >= 4 is 11.6 Å². The maximum atomic E-state index is 6.18. The van der Waals surface area contributed by atoms with E-state index in [1.54, 1.807) is 0 Å². The maximum absolute atomic E-state index is 6.18. The van der Waals surface area contributed by atoms with Crippen LogP contribution in [0.1, 0.15) is 17.5 Å². The van der Waals surface area contributed by atoms with Gasteiger partial charge in [0.25, 0.3) is 0 Å². The van der Waals surface area contributed by atoms with Crippen molar-refractivity contribution in [1.82, 2.24) is 10.2 Å². The van der Waals surface area contributed by atoms with Gasteiger partial charge in [-0.1, -0.05) is 11.6 Å². The molecule has 0 bridgehead atoms. The highest BCUT2D eigenvalue weighted by atomic mass is 35.5. The van der Waals surface area contributed by atoms with E-state index in [4.69, 9.17) is 21.1 Å². The van der Waals surface area contributed by atoms with Crippen LogP contribution < -0.4 is 10.1 Å². The summed E-state index contributed by atoms with van der Waals surface area (Å²) in [6, 6.07) is 4.52. The van der Waals surface area contributed by atoms with Crippen LogP contribution in [0.15, 0.2) is 12.1 Å². The van der Waals surface area contributed by atoms with E-state index >= 15 is 0 Å². The second-order valence-electron chi connectivity index (χ2n) is 5.23. The van der Waals surface area contributed by atoms with Crippen LogP contribution >= 0.6 is 11.6 Å². The highest BCUT2D eigenvalue weighted by Gasteiger charge is 2.22. The minimum atomic E-state index is 0.330. The SMILES string of the molecule is CN(Cc1cc(Cl)cc2c1OCOC2)C1CCNC1. The smallest absolute Gasteiger partial charge is 0.189 e. The van der Waals surface area contributed by atoms with Gasteiger partial charge in [0.15, 0.2) is 6.79 Å². The lowest BCUT2D eigenvalue weighted by atomic mass is 10.1. The predicted octanol–water partition coefficient (Wildman–Crippen LogP) is 2.00. The summed E-state index contributed by atoms with van der Waals surface area (Å²) in [5.41, 5.74) is 2.20. The first kappa shape index (κ1) is 13.2. The molecule has 5 heteroatoms. The van der Waals surface area contributed by atoms with Crippen molar-refractivity contribution in [1.29, 1.82) is 0 Å². The normalized spacial score (nSPS) is 22.4. The van der Waals surface area contributed by atoms with Crippen LogP contribution in [0.5, 0.6) is 5.75 Å². The largest absolute Gasteiger partial charge is 0.467 e. The van der Waals surface area contributed by atoms with Gasteiger partial charge in [0.05, 0.1) is 6.61 Å². The van der Waals surface area contributed by atoms with Gasteiger partial charge in [-0.15, -0.1) is 0 Å². The molecule has 2 aliphatic rings. The first-order valence-electron chi connectivity index (χ1n) is 6.67. The van der Waals surface area contributed by atoms with Crippen molar-refractivity contribution in [3.63, 3.8) is 0 Å². The molecule has 1 saturated heterocycles. The zero-order chi connectivity index (χ0) is 13.2. The van der Waals surface area contributed by atoms with Gasteiger partial charge >= 0.3 is 0 Å². The van der Waals surface area contributed by atoms with Gasteiger partial charge < -0.3 is 14.8 Å². The molecular weight excluding hydrogens is 264 g/mol. The van der Waals surface area contributed by atoms with Gasteiger partial charge in [0.1, 0.15) is 5.75 Å². The number of rotatable bonds is 3. The van der Waals surface area contributed by atoms with E-state index in [1.807, 2.05) is 12.1 Å². The fraction of sp³-hybridized carbons (Fsp3) is 0.571. The molecule has 1 aromatic rings. The van der Waals surface area contributed by atoms with Gasteiger partial charge in [-0.05, 0) is 32.1 Å². The Morgan fingerprint density at radius 1 is 1.47 bits per heavy atom. The number of fused-ring (bicyclic) bond motifs is 1. The molecule has 1 N–H and O–H groups in total. The Morgan fingerprint density at radius 3 is 3.16 bits per heavy atom. The van der Waals surface area contributed by atoms with Gasteiger partial charge in [0.2, 0.25) is 0 Å². The molecule has 1 unspecified atom stereocenters. The number of ether oxygens (including phenoxy) is 2. The Bertz CT molecular complexity index is 461. The number of nitrogens with zero attached hydrogens (tertiary/aromatic N) is 1. The van der Waals surface area contributed by atoms with Crippen molar-refractivity contribution in [2.24, 2.45) is 0 Å². The fourth-order valence-corrected chi connectivity index (χ4v) is 3.05. The van der Waals surface area contributed by atoms with Crippen molar-refractivity contribution in [2.45, 2.75) is 25.6 Å². The molecule has 1 atom stereocenters. The zero-order valence-corrected chi connectivity index (χ0v) is 11.9. The van der Waals surface area contributed by atoms with Crippen molar-refractivity contribution in [3.05, 3.63) is 28.3 Å². The van der Waals surface area contributed by atoms with Gasteiger partial charge in [-0.25, -0.2) is 0 Å². The van der Waals surface area contributed by atoms with Gasteiger partial charge in [-0.2, -0.15) is 0 Å². The van der Waals surface area contributed by atoms with Crippen molar-refractivity contribution in [2.75, 3.05) is 26.9 Å². The molecule has 0 spiro atoms. The lowest BCUT2D eigenvalue weighted by Gasteiger charge is -2.27. The molecule has 3 rings (SSSR count). The Labute approximate surface area is 118 Å². The van der Waals surface area contributed by atoms with E-state index in [1.165, 1.54) is 6.42 Å². The Morgan fingerprint density at radius 2 is 2.37 bits per heavy atom. The highest BCUT2D eigenvalue weighted by molar-refractivity contribution is 6.30. The summed E-state index contributed by atoms with van der Waals surface area (Å²) in [5.74, 6) is 0.952. The van der Waals surface area contributed by atoms with E-state index in [0.717, 1.165) is 41.5 Å². The number of hydrogen-bond donors (Lipinski definition) is 1. The number of hydrogen-bond acceptors (Lipinski definition) is 4. The average molecular weight is 283 g/mol. The quantitative estimate of drug-likeness (QED) is 0.919. The molecule has 1 aromatic carbocycles. The Hall–Kier alpha value is -0.810. The van der Waals surface area contributed by atoms with Crippen molar-refractivity contribution in [3.8, 4) is 5.75 Å². The molecule has 0 aliphatic carbocycles. The van der Waals surface area contributed by atoms with Crippen LogP contribution in [0.3, 0.4) is 0 Å². The molecule has 0 saturated carbocycles. The van der Waals surface area contributed by atoms with Gasteiger partial charge in [0, 0.05) is 35.3 Å². The minimum absolute atomic E-state index is 0.330. The summed E-state index contributed by atoms with van der Waals surface area (Å²) in [6.45, 7) is 3.93. The Balaban J connectivity index is 1.81. The molecule has 0 amide bonds. The second-order valence-corrected chi connectivity index (χ2v) is 5.66. The van der Waals surface area contributed by atoms with E-state index in [0.29, 0.717) is 19.4 Å². The second kappa shape index (κ2) is 5.67. The van der Waals surface area contributed by atoms with Crippen molar-refractivity contribution < 1.29 is 9.47 Å². The van der Waals surface area contributed by atoms with E-state index in [2.05, 4.69) is 17.3 Å². The molecular formula is C14H19ClN2O2. The monoisotopic (exact) mass is 282 g/mol. The molecule has 2 heterocycles. The molecule has 4 nitrogen and oxygen atoms in total. The van der Waals surface area contributed by atoms with Crippen LogP contribution in [0.4, 0.5) is 0 Å². The lowest BCUT2D eigenvalue weighted by Crippen LogP contribution is -2.33. The molecule has 0 radical (unpaired) electrons. The summed E-state index contributed by atoms with van der Waals surface area (Å²) in [6.07, 6.45) is 1.20. The van der Waals surface area contributed by atoms with Crippen LogP contribution in [0, 0.1) is 0 Å². The topological polar surface area (TPSA) is 33.7 Å². The summed E-state index contributed by atoms with van der Waals surface area (Å²) >= 11 is 6.18. The maximum Gasteiger partial charge on any atom is 0.189 e. The average Bonchev–Trinajstić information content (AvgIpc) is 2.92. The Kier molecular flexibility index (Phi) is 3.93. The van der Waals surface area contributed by atoms with E-state index in [9.17, 15) is 0 Å². The third-order valence-electron chi connectivity index (χ3n) is 3.83. The first-order chi connectivity index (χ1) is 9.24.